The molecule has 1 fully saturated rings. The summed E-state index contributed by atoms with van der Waals surface area (Å²) < 4.78 is 13.6. The van der Waals surface area contributed by atoms with E-state index in [1.54, 1.807) is 0 Å². The largest absolute Gasteiger partial charge is 0.323 e. The molecule has 1 aromatic rings. The summed E-state index contributed by atoms with van der Waals surface area (Å²) in [6, 6.07) is 3.84. The molecule has 24 heavy (non-hydrogen) atoms. The van der Waals surface area contributed by atoms with Gasteiger partial charge in [-0.05, 0) is 31.0 Å². The van der Waals surface area contributed by atoms with Gasteiger partial charge in [0.2, 0.25) is 17.7 Å². The van der Waals surface area contributed by atoms with Crippen molar-refractivity contribution in [2.75, 3.05) is 11.9 Å². The second-order valence-electron chi connectivity index (χ2n) is 5.91. The SMILES string of the molecule is O=C(CCN1C(=O)[C@H]2CC=CC[C@@H]2C1=O)Nc1cc(Cl)ccc1F. The van der Waals surface area contributed by atoms with Crippen LogP contribution in [-0.2, 0) is 14.4 Å². The Morgan fingerprint density at radius 3 is 2.46 bits per heavy atom. The minimum atomic E-state index is -0.599. The van der Waals surface area contributed by atoms with Gasteiger partial charge >= 0.3 is 0 Å². The van der Waals surface area contributed by atoms with E-state index in [4.69, 9.17) is 11.6 Å². The topological polar surface area (TPSA) is 66.5 Å². The van der Waals surface area contributed by atoms with Crippen LogP contribution in [0.15, 0.2) is 30.4 Å². The number of anilines is 1. The predicted molar refractivity (Wildman–Crippen MR) is 86.7 cm³/mol. The van der Waals surface area contributed by atoms with E-state index in [-0.39, 0.29) is 42.3 Å². The third-order valence-electron chi connectivity index (χ3n) is 4.36. The molecule has 126 valence electrons. The molecule has 7 heteroatoms. The summed E-state index contributed by atoms with van der Waals surface area (Å²) in [5.41, 5.74) is -0.0237. The Morgan fingerprint density at radius 1 is 1.21 bits per heavy atom. The first-order valence-electron chi connectivity index (χ1n) is 7.72. The average Bonchev–Trinajstić information content (AvgIpc) is 2.81. The van der Waals surface area contributed by atoms with E-state index in [1.807, 2.05) is 12.2 Å². The zero-order chi connectivity index (χ0) is 17.3. The molecule has 5 nitrogen and oxygen atoms in total. The maximum Gasteiger partial charge on any atom is 0.233 e. The molecule has 1 saturated heterocycles. The van der Waals surface area contributed by atoms with Crippen molar-refractivity contribution in [2.24, 2.45) is 11.8 Å². The molecule has 0 unspecified atom stereocenters. The van der Waals surface area contributed by atoms with E-state index < -0.39 is 11.7 Å². The highest BCUT2D eigenvalue weighted by Crippen LogP contribution is 2.35. The number of benzene rings is 1. The molecule has 2 aliphatic rings. The highest BCUT2D eigenvalue weighted by Gasteiger charge is 2.46. The van der Waals surface area contributed by atoms with Crippen molar-refractivity contribution in [3.05, 3.63) is 41.2 Å². The predicted octanol–water partition coefficient (Wildman–Crippen LogP) is 2.76. The minimum Gasteiger partial charge on any atom is -0.323 e. The molecule has 3 amide bonds. The van der Waals surface area contributed by atoms with Gasteiger partial charge in [0.15, 0.2) is 0 Å². The average molecular weight is 351 g/mol. The number of allylic oxidation sites excluding steroid dienone is 2. The lowest BCUT2D eigenvalue weighted by molar-refractivity contribution is -0.140. The molecule has 1 aliphatic carbocycles. The lowest BCUT2D eigenvalue weighted by atomic mass is 9.85. The van der Waals surface area contributed by atoms with Crippen molar-refractivity contribution in [3.63, 3.8) is 0 Å². The van der Waals surface area contributed by atoms with Gasteiger partial charge in [-0.3, -0.25) is 19.3 Å². The van der Waals surface area contributed by atoms with Crippen molar-refractivity contribution in [1.29, 1.82) is 0 Å². The number of hydrogen-bond acceptors (Lipinski definition) is 3. The zero-order valence-corrected chi connectivity index (χ0v) is 13.6. The van der Waals surface area contributed by atoms with Gasteiger partial charge in [0.05, 0.1) is 17.5 Å². The molecule has 1 heterocycles. The van der Waals surface area contributed by atoms with Crippen LogP contribution in [0.5, 0.6) is 0 Å². The summed E-state index contributed by atoms with van der Waals surface area (Å²) in [6.07, 6.45) is 4.85. The van der Waals surface area contributed by atoms with Crippen LogP contribution in [0, 0.1) is 17.7 Å². The number of nitrogens with zero attached hydrogens (tertiary/aromatic N) is 1. The molecule has 1 aromatic carbocycles. The van der Waals surface area contributed by atoms with Gasteiger partial charge in [-0.1, -0.05) is 23.8 Å². The first-order chi connectivity index (χ1) is 11.5. The van der Waals surface area contributed by atoms with Crippen molar-refractivity contribution in [1.82, 2.24) is 4.90 Å². The number of hydrogen-bond donors (Lipinski definition) is 1. The van der Waals surface area contributed by atoms with Crippen LogP contribution in [0.2, 0.25) is 5.02 Å². The Morgan fingerprint density at radius 2 is 1.83 bits per heavy atom. The number of likely N-dealkylation sites (tertiary alicyclic amines) is 1. The first-order valence-corrected chi connectivity index (χ1v) is 8.10. The highest BCUT2D eigenvalue weighted by molar-refractivity contribution is 6.30. The summed E-state index contributed by atoms with van der Waals surface area (Å²) in [5.74, 6) is -2.15. The van der Waals surface area contributed by atoms with E-state index in [0.717, 1.165) is 11.0 Å². The summed E-state index contributed by atoms with van der Waals surface area (Å²) in [6.45, 7) is -0.00130. The molecule has 3 rings (SSSR count). The third kappa shape index (κ3) is 3.19. The second-order valence-corrected chi connectivity index (χ2v) is 6.34. The van der Waals surface area contributed by atoms with E-state index >= 15 is 0 Å². The first kappa shape index (κ1) is 16.6. The summed E-state index contributed by atoms with van der Waals surface area (Å²) in [7, 11) is 0. The van der Waals surface area contributed by atoms with Gasteiger partial charge in [0, 0.05) is 18.0 Å². The Labute approximate surface area is 143 Å². The lowest BCUT2D eigenvalue weighted by Gasteiger charge is -2.14. The van der Waals surface area contributed by atoms with Crippen LogP contribution in [0.4, 0.5) is 10.1 Å². The Kier molecular flexibility index (Phi) is 4.66. The van der Waals surface area contributed by atoms with Gasteiger partial charge in [-0.15, -0.1) is 0 Å². The Hall–Kier alpha value is -2.21. The number of imide groups is 1. The molecule has 0 aromatic heterocycles. The van der Waals surface area contributed by atoms with Gasteiger partial charge in [0.1, 0.15) is 5.82 Å². The number of rotatable bonds is 4. The van der Waals surface area contributed by atoms with E-state index in [2.05, 4.69) is 5.32 Å². The number of fused-ring (bicyclic) bond motifs is 1. The van der Waals surface area contributed by atoms with Crippen LogP contribution < -0.4 is 5.32 Å². The Bertz CT molecular complexity index is 709. The highest BCUT2D eigenvalue weighted by atomic mass is 35.5. The zero-order valence-electron chi connectivity index (χ0n) is 12.8. The standard InChI is InChI=1S/C17H16ClFN2O3/c18-10-5-6-13(19)14(9-10)20-15(22)7-8-21-16(23)11-3-1-2-4-12(11)17(21)24/h1-2,5-6,9,11-12H,3-4,7-8H2,(H,20,22)/t11-,12-/m0/s1. The maximum absolute atomic E-state index is 13.6. The summed E-state index contributed by atoms with van der Waals surface area (Å²) in [4.78, 5) is 37.7. The maximum atomic E-state index is 13.6. The summed E-state index contributed by atoms with van der Waals surface area (Å²) >= 11 is 5.77. The summed E-state index contributed by atoms with van der Waals surface area (Å²) in [5, 5.41) is 2.71. The van der Waals surface area contributed by atoms with Crippen LogP contribution >= 0.6 is 11.6 Å². The van der Waals surface area contributed by atoms with Gasteiger partial charge in [0.25, 0.3) is 0 Å². The van der Waals surface area contributed by atoms with Crippen molar-refractivity contribution < 1.29 is 18.8 Å². The molecular weight excluding hydrogens is 335 g/mol. The van der Waals surface area contributed by atoms with Crippen molar-refractivity contribution >= 4 is 35.0 Å². The fraction of sp³-hybridized carbons (Fsp3) is 0.353. The van der Waals surface area contributed by atoms with E-state index in [0.29, 0.717) is 17.9 Å². The number of amides is 3. The van der Waals surface area contributed by atoms with Crippen LogP contribution in [-0.4, -0.2) is 29.2 Å². The second kappa shape index (κ2) is 6.73. The normalized spacial score (nSPS) is 22.7. The third-order valence-corrected chi connectivity index (χ3v) is 4.60. The molecule has 1 N–H and O–H groups in total. The molecule has 2 atom stereocenters. The molecular formula is C17H16ClFN2O3. The number of carbonyl (C=O) groups is 3. The van der Waals surface area contributed by atoms with Crippen molar-refractivity contribution in [3.8, 4) is 0 Å². The van der Waals surface area contributed by atoms with Crippen molar-refractivity contribution in [2.45, 2.75) is 19.3 Å². The molecule has 1 aliphatic heterocycles. The molecule has 0 saturated carbocycles. The van der Waals surface area contributed by atoms with Gasteiger partial charge < -0.3 is 5.32 Å². The molecule has 0 bridgehead atoms. The van der Waals surface area contributed by atoms with Crippen LogP contribution in [0.3, 0.4) is 0 Å². The number of nitrogens with one attached hydrogen (secondary N) is 1. The minimum absolute atomic E-state index is 0.00130. The fourth-order valence-electron chi connectivity index (χ4n) is 3.11. The Balaban J connectivity index is 1.59. The fourth-order valence-corrected chi connectivity index (χ4v) is 3.28. The number of halogens is 2. The number of carbonyl (C=O) groups excluding carboxylic acids is 3. The molecule has 0 spiro atoms. The van der Waals surface area contributed by atoms with Crippen LogP contribution in [0.1, 0.15) is 19.3 Å². The van der Waals surface area contributed by atoms with E-state index in [1.165, 1.54) is 12.1 Å². The van der Waals surface area contributed by atoms with Gasteiger partial charge in [-0.2, -0.15) is 0 Å². The van der Waals surface area contributed by atoms with Crippen LogP contribution in [0.25, 0.3) is 0 Å². The quantitative estimate of drug-likeness (QED) is 0.670. The molecule has 0 radical (unpaired) electrons. The smallest absolute Gasteiger partial charge is 0.233 e. The van der Waals surface area contributed by atoms with Gasteiger partial charge in [-0.25, -0.2) is 4.39 Å². The lowest BCUT2D eigenvalue weighted by Crippen LogP contribution is -2.34. The van der Waals surface area contributed by atoms with E-state index in [9.17, 15) is 18.8 Å². The monoisotopic (exact) mass is 350 g/mol.